The Morgan fingerprint density at radius 1 is 0.604 bits per heavy atom. The van der Waals surface area contributed by atoms with Crippen molar-refractivity contribution in [1.82, 2.24) is 0 Å². The van der Waals surface area contributed by atoms with Gasteiger partial charge in [-0.05, 0) is 99.2 Å². The number of nitrogens with one attached hydrogen (secondary N) is 1. The molecular formula is C42H51N3O3. The van der Waals surface area contributed by atoms with Crippen molar-refractivity contribution in [3.05, 3.63) is 131 Å². The molecule has 48 heavy (non-hydrogen) atoms. The first-order valence-electron chi connectivity index (χ1n) is 17.1. The largest absolute Gasteiger partial charge is 0.462 e. The molecule has 0 aromatic heterocycles. The summed E-state index contributed by atoms with van der Waals surface area (Å²) in [6.45, 7) is 14.9. The minimum Gasteiger partial charge on any atom is -0.462 e. The first-order chi connectivity index (χ1) is 23.4. The van der Waals surface area contributed by atoms with E-state index >= 15 is 0 Å². The van der Waals surface area contributed by atoms with Crippen LogP contribution in [0.1, 0.15) is 67.6 Å². The van der Waals surface area contributed by atoms with Gasteiger partial charge in [0.25, 0.3) is 0 Å². The number of hydrogen-bond donors (Lipinski definition) is 1. The van der Waals surface area contributed by atoms with Crippen LogP contribution in [0, 0.1) is 0 Å². The summed E-state index contributed by atoms with van der Waals surface area (Å²) in [4.78, 5) is 17.5. The molecule has 1 N–H and O–H groups in total. The van der Waals surface area contributed by atoms with Crippen molar-refractivity contribution in [2.24, 2.45) is 0 Å². The summed E-state index contributed by atoms with van der Waals surface area (Å²) in [5.74, 6) is -0.296. The van der Waals surface area contributed by atoms with Crippen LogP contribution in [-0.2, 0) is 9.47 Å². The Bertz CT molecular complexity index is 1670. The molecule has 0 saturated carbocycles. The second-order valence-corrected chi connectivity index (χ2v) is 11.5. The van der Waals surface area contributed by atoms with Crippen molar-refractivity contribution in [2.45, 2.75) is 40.5 Å². The Kier molecular flexibility index (Phi) is 13.5. The minimum absolute atomic E-state index is 0.0345. The summed E-state index contributed by atoms with van der Waals surface area (Å²) in [6.07, 6.45) is 0. The number of carbonyl (C=O) groups excluding carboxylic acids is 1. The first kappa shape index (κ1) is 36.0. The Labute approximate surface area is 287 Å². The lowest BCUT2D eigenvalue weighted by atomic mass is 9.82. The van der Waals surface area contributed by atoms with Gasteiger partial charge < -0.3 is 24.6 Å². The average molecular weight is 646 g/mol. The van der Waals surface area contributed by atoms with Gasteiger partial charge in [-0.15, -0.1) is 0 Å². The highest BCUT2D eigenvalue weighted by atomic mass is 16.5. The first-order valence-corrected chi connectivity index (χ1v) is 17.1. The highest BCUT2D eigenvalue weighted by Gasteiger charge is 2.22. The number of benzene rings is 5. The lowest BCUT2D eigenvalue weighted by molar-refractivity contribution is 0.0527. The number of ether oxygens (including phenoxy) is 2. The van der Waals surface area contributed by atoms with Crippen molar-refractivity contribution in [2.75, 3.05) is 62.1 Å². The van der Waals surface area contributed by atoms with E-state index in [-0.39, 0.29) is 11.9 Å². The Morgan fingerprint density at radius 3 is 1.58 bits per heavy atom. The Morgan fingerprint density at radius 2 is 1.08 bits per heavy atom. The number of esters is 1. The van der Waals surface area contributed by atoms with Crippen LogP contribution < -0.4 is 15.1 Å². The second-order valence-electron chi connectivity index (χ2n) is 11.5. The normalized spacial score (nSPS) is 10.8. The van der Waals surface area contributed by atoms with Gasteiger partial charge in [-0.1, -0.05) is 66.7 Å². The predicted molar refractivity (Wildman–Crippen MR) is 204 cm³/mol. The Balaban J connectivity index is 0.00000167. The fraction of sp³-hybridized carbons (Fsp3) is 0.310. The zero-order chi connectivity index (χ0) is 34.5. The zero-order valence-corrected chi connectivity index (χ0v) is 29.6. The van der Waals surface area contributed by atoms with Crippen LogP contribution in [0.2, 0.25) is 0 Å². The molecule has 0 aliphatic heterocycles. The molecule has 5 aromatic carbocycles. The number of fused-ring (bicyclic) bond motifs is 1. The summed E-state index contributed by atoms with van der Waals surface area (Å²) in [5, 5.41) is 5.82. The molecule has 6 nitrogen and oxygen atoms in total. The van der Waals surface area contributed by atoms with Crippen LogP contribution in [0.5, 0.6) is 0 Å². The third-order valence-electron chi connectivity index (χ3n) is 8.67. The molecule has 0 heterocycles. The van der Waals surface area contributed by atoms with E-state index < -0.39 is 0 Å². The van der Waals surface area contributed by atoms with E-state index in [4.69, 9.17) is 4.74 Å². The monoisotopic (exact) mass is 645 g/mol. The van der Waals surface area contributed by atoms with E-state index in [1.54, 1.807) is 20.3 Å². The highest BCUT2D eigenvalue weighted by molar-refractivity contribution is 6.01. The summed E-state index contributed by atoms with van der Waals surface area (Å²) in [6, 6.07) is 38.6. The van der Waals surface area contributed by atoms with Gasteiger partial charge in [0, 0.05) is 68.8 Å². The van der Waals surface area contributed by atoms with Gasteiger partial charge in [0.15, 0.2) is 0 Å². The van der Waals surface area contributed by atoms with E-state index in [2.05, 4.69) is 132 Å². The molecule has 5 aromatic rings. The third-order valence-corrected chi connectivity index (χ3v) is 8.67. The molecular weight excluding hydrogens is 594 g/mol. The van der Waals surface area contributed by atoms with Gasteiger partial charge in [0.1, 0.15) is 0 Å². The zero-order valence-electron chi connectivity index (χ0n) is 29.6. The molecule has 0 spiro atoms. The van der Waals surface area contributed by atoms with Crippen LogP contribution >= 0.6 is 0 Å². The second kappa shape index (κ2) is 17.9. The van der Waals surface area contributed by atoms with Crippen molar-refractivity contribution in [3.8, 4) is 0 Å². The summed E-state index contributed by atoms with van der Waals surface area (Å²) in [7, 11) is 3.25. The van der Waals surface area contributed by atoms with Crippen LogP contribution in [0.15, 0.2) is 109 Å². The highest BCUT2D eigenvalue weighted by Crippen LogP contribution is 2.40. The van der Waals surface area contributed by atoms with Gasteiger partial charge in [0.2, 0.25) is 0 Å². The molecule has 0 saturated heterocycles. The van der Waals surface area contributed by atoms with Gasteiger partial charge in [-0.2, -0.15) is 0 Å². The lowest BCUT2D eigenvalue weighted by Crippen LogP contribution is -2.22. The topological polar surface area (TPSA) is 54.0 Å². The molecule has 6 heteroatoms. The number of methoxy groups -OCH3 is 1. The molecule has 252 valence electrons. The Hall–Kier alpha value is -4.81. The summed E-state index contributed by atoms with van der Waals surface area (Å²) < 4.78 is 9.58. The third kappa shape index (κ3) is 8.36. The van der Waals surface area contributed by atoms with Crippen molar-refractivity contribution in [3.63, 3.8) is 0 Å². The molecule has 0 amide bonds. The molecule has 0 bridgehead atoms. The molecule has 0 fully saturated rings. The van der Waals surface area contributed by atoms with Crippen molar-refractivity contribution < 1.29 is 14.3 Å². The quantitative estimate of drug-likeness (QED) is 0.102. The minimum atomic E-state index is -0.331. The summed E-state index contributed by atoms with van der Waals surface area (Å²) >= 11 is 0. The van der Waals surface area contributed by atoms with Gasteiger partial charge in [-0.25, -0.2) is 4.79 Å². The number of para-hydroxylation sites is 1. The number of carbonyl (C=O) groups is 1. The number of anilines is 4. The smallest absolute Gasteiger partial charge is 0.340 e. The van der Waals surface area contributed by atoms with E-state index in [0.29, 0.717) is 12.2 Å². The van der Waals surface area contributed by atoms with E-state index in [1.807, 2.05) is 25.1 Å². The van der Waals surface area contributed by atoms with Crippen LogP contribution in [-0.4, -0.2) is 53.0 Å². The molecule has 0 aliphatic rings. The van der Waals surface area contributed by atoms with Crippen molar-refractivity contribution >= 4 is 39.5 Å². The lowest BCUT2D eigenvalue weighted by Gasteiger charge is -2.26. The SMILES string of the molecule is CCOC(=O)c1ccccc1Nc1ccc(C(c2ccc(N(CC)CC)cc2)c2ccc(N(CC)CC)cc2)c2ccccc12.COC. The number of rotatable bonds is 13. The van der Waals surface area contributed by atoms with Gasteiger partial charge >= 0.3 is 5.97 Å². The standard InChI is InChI=1S/C40H45N3O2.C2H6O/c1-6-42(7-2)31-23-19-29(20-24-31)39(30-21-25-32(26-22-30)43(8-3)9-4)35-27-28-38(34-16-12-11-15-33(34)35)41-37-18-14-13-17-36(37)40(44)45-10-5;1-3-2/h11-28,39,41H,6-10H2,1-5H3;1-2H3. The maximum absolute atomic E-state index is 12.7. The van der Waals surface area contributed by atoms with Crippen molar-refractivity contribution in [1.29, 1.82) is 0 Å². The van der Waals surface area contributed by atoms with Gasteiger partial charge in [-0.3, -0.25) is 0 Å². The van der Waals surface area contributed by atoms with Crippen LogP contribution in [0.25, 0.3) is 10.8 Å². The van der Waals surface area contributed by atoms with Gasteiger partial charge in [0.05, 0.1) is 17.9 Å². The van der Waals surface area contributed by atoms with Crippen LogP contribution in [0.4, 0.5) is 22.7 Å². The number of nitrogens with zero attached hydrogens (tertiary/aromatic N) is 2. The number of hydrogen-bond acceptors (Lipinski definition) is 6. The maximum atomic E-state index is 12.7. The fourth-order valence-corrected chi connectivity index (χ4v) is 6.29. The predicted octanol–water partition coefficient (Wildman–Crippen LogP) is 9.90. The van der Waals surface area contributed by atoms with E-state index in [0.717, 1.165) is 42.9 Å². The van der Waals surface area contributed by atoms with Crippen LogP contribution in [0.3, 0.4) is 0 Å². The van der Waals surface area contributed by atoms with E-state index in [9.17, 15) is 4.79 Å². The fourth-order valence-electron chi connectivity index (χ4n) is 6.29. The molecule has 0 unspecified atom stereocenters. The molecule has 5 rings (SSSR count). The summed E-state index contributed by atoms with van der Waals surface area (Å²) in [5.41, 5.74) is 8.41. The molecule has 0 atom stereocenters. The van der Waals surface area contributed by atoms with E-state index in [1.165, 1.54) is 33.5 Å². The molecule has 0 aliphatic carbocycles. The maximum Gasteiger partial charge on any atom is 0.340 e. The average Bonchev–Trinajstić information content (AvgIpc) is 3.12. The molecule has 0 radical (unpaired) electrons.